The van der Waals surface area contributed by atoms with Crippen LogP contribution in [-0.2, 0) is 23.7 Å². The quantitative estimate of drug-likeness (QED) is 0.794. The minimum absolute atomic E-state index is 0.150. The van der Waals surface area contributed by atoms with Gasteiger partial charge in [0.2, 0.25) is 0 Å². The minimum Gasteiger partial charge on any atom is -0.463 e. The first-order chi connectivity index (χ1) is 11.4. The van der Waals surface area contributed by atoms with Crippen molar-refractivity contribution in [2.24, 2.45) is 0 Å². The Kier molecular flexibility index (Phi) is 3.84. The molecule has 0 bridgehead atoms. The molecular formula is C17H19NO5S. The lowest BCUT2D eigenvalue weighted by molar-refractivity contribution is -0.193. The standard InChI is InChI=1S/C17H19NO5S/c1-9(19)20-8-11-13-14(23-17(2,3)22-13)15(21-11)16-18-10-6-4-5-7-12(10)24-16/h4-7,11,13-15H,8H2,1-3H3/t11-,13-,14-,15-/m1/s1. The number of ether oxygens (including phenoxy) is 4. The number of benzene rings is 1. The predicted octanol–water partition coefficient (Wildman–Crippen LogP) is 2.82. The number of hydrogen-bond donors (Lipinski definition) is 0. The van der Waals surface area contributed by atoms with Gasteiger partial charge in [0, 0.05) is 6.92 Å². The number of para-hydroxylation sites is 1. The molecule has 7 heteroatoms. The Morgan fingerprint density at radius 1 is 1.29 bits per heavy atom. The van der Waals surface area contributed by atoms with Crippen LogP contribution in [0.25, 0.3) is 10.2 Å². The van der Waals surface area contributed by atoms with Gasteiger partial charge in [-0.15, -0.1) is 11.3 Å². The lowest BCUT2D eigenvalue weighted by Crippen LogP contribution is -2.33. The summed E-state index contributed by atoms with van der Waals surface area (Å²) >= 11 is 1.59. The first kappa shape index (κ1) is 16.0. The van der Waals surface area contributed by atoms with Gasteiger partial charge in [0.15, 0.2) is 5.79 Å². The Morgan fingerprint density at radius 2 is 2.04 bits per heavy atom. The maximum absolute atomic E-state index is 11.1. The zero-order valence-electron chi connectivity index (χ0n) is 13.7. The van der Waals surface area contributed by atoms with Gasteiger partial charge in [-0.2, -0.15) is 0 Å². The van der Waals surface area contributed by atoms with Gasteiger partial charge in [-0.25, -0.2) is 4.98 Å². The van der Waals surface area contributed by atoms with Gasteiger partial charge in [-0.1, -0.05) is 12.1 Å². The normalized spacial score (nSPS) is 31.3. The SMILES string of the molecule is CC(=O)OC[C@H]1O[C@@H](c2nc3ccccc3s2)[C@@H]2OC(C)(C)O[C@@H]21. The van der Waals surface area contributed by atoms with Crippen molar-refractivity contribution in [2.75, 3.05) is 6.61 Å². The largest absolute Gasteiger partial charge is 0.463 e. The molecule has 4 atom stereocenters. The van der Waals surface area contributed by atoms with Crippen molar-refractivity contribution in [1.29, 1.82) is 0 Å². The second-order valence-electron chi connectivity index (χ2n) is 6.48. The predicted molar refractivity (Wildman–Crippen MR) is 87.7 cm³/mol. The van der Waals surface area contributed by atoms with Gasteiger partial charge in [0.1, 0.15) is 36.0 Å². The highest BCUT2D eigenvalue weighted by molar-refractivity contribution is 7.18. The van der Waals surface area contributed by atoms with E-state index >= 15 is 0 Å². The molecule has 1 aromatic heterocycles. The summed E-state index contributed by atoms with van der Waals surface area (Å²) < 4.78 is 24.4. The third kappa shape index (κ3) is 2.82. The molecule has 6 nitrogen and oxygen atoms in total. The Hall–Kier alpha value is -1.54. The zero-order chi connectivity index (χ0) is 16.9. The van der Waals surface area contributed by atoms with Gasteiger partial charge < -0.3 is 18.9 Å². The summed E-state index contributed by atoms with van der Waals surface area (Å²) in [5.74, 6) is -1.03. The molecular weight excluding hydrogens is 330 g/mol. The third-order valence-electron chi connectivity index (χ3n) is 4.15. The van der Waals surface area contributed by atoms with Crippen molar-refractivity contribution in [2.45, 2.75) is 51.0 Å². The van der Waals surface area contributed by atoms with E-state index in [0.29, 0.717) is 0 Å². The van der Waals surface area contributed by atoms with Gasteiger partial charge in [-0.3, -0.25) is 4.79 Å². The molecule has 0 amide bonds. The molecule has 128 valence electrons. The summed E-state index contributed by atoms with van der Waals surface area (Å²) in [7, 11) is 0. The van der Waals surface area contributed by atoms with E-state index in [4.69, 9.17) is 18.9 Å². The second kappa shape index (κ2) is 5.77. The Morgan fingerprint density at radius 3 is 2.79 bits per heavy atom. The van der Waals surface area contributed by atoms with Crippen LogP contribution in [0.1, 0.15) is 31.9 Å². The molecule has 0 N–H and O–H groups in total. The number of rotatable bonds is 3. The number of hydrogen-bond acceptors (Lipinski definition) is 7. The van der Waals surface area contributed by atoms with Crippen LogP contribution in [0, 0.1) is 0 Å². The molecule has 0 unspecified atom stereocenters. The van der Waals surface area contributed by atoms with E-state index in [1.165, 1.54) is 6.92 Å². The second-order valence-corrected chi connectivity index (χ2v) is 7.54. The smallest absolute Gasteiger partial charge is 0.302 e. The lowest BCUT2D eigenvalue weighted by atomic mass is 10.1. The summed E-state index contributed by atoms with van der Waals surface area (Å²) in [5, 5.41) is 0.859. The Balaban J connectivity index is 1.63. The topological polar surface area (TPSA) is 66.9 Å². The summed E-state index contributed by atoms with van der Waals surface area (Å²) in [6.45, 7) is 5.29. The van der Waals surface area contributed by atoms with Crippen LogP contribution in [0.5, 0.6) is 0 Å². The minimum atomic E-state index is -0.692. The molecule has 4 rings (SSSR count). The third-order valence-corrected chi connectivity index (χ3v) is 5.25. The molecule has 1 aromatic carbocycles. The van der Waals surface area contributed by atoms with Crippen LogP contribution in [0.4, 0.5) is 0 Å². The summed E-state index contributed by atoms with van der Waals surface area (Å²) in [4.78, 5) is 15.8. The van der Waals surface area contributed by atoms with Crippen LogP contribution in [0.15, 0.2) is 24.3 Å². The van der Waals surface area contributed by atoms with Crippen molar-refractivity contribution in [3.05, 3.63) is 29.3 Å². The molecule has 2 aromatic rings. The average Bonchev–Trinajstić information content (AvgIpc) is 3.15. The summed E-state index contributed by atoms with van der Waals surface area (Å²) in [6.07, 6.45) is -1.23. The molecule has 0 aliphatic carbocycles. The fourth-order valence-corrected chi connectivity index (χ4v) is 4.27. The lowest BCUT2D eigenvalue weighted by Gasteiger charge is -2.23. The molecule has 2 fully saturated rings. The van der Waals surface area contributed by atoms with Crippen LogP contribution < -0.4 is 0 Å². The number of thiazole rings is 1. The van der Waals surface area contributed by atoms with E-state index in [2.05, 4.69) is 4.98 Å². The average molecular weight is 349 g/mol. The first-order valence-corrected chi connectivity index (χ1v) is 8.74. The van der Waals surface area contributed by atoms with Crippen molar-refractivity contribution < 1.29 is 23.7 Å². The van der Waals surface area contributed by atoms with Crippen molar-refractivity contribution >= 4 is 27.5 Å². The van der Waals surface area contributed by atoms with Gasteiger partial charge in [0.25, 0.3) is 0 Å². The van der Waals surface area contributed by atoms with Gasteiger partial charge in [0.05, 0.1) is 10.2 Å². The molecule has 0 radical (unpaired) electrons. The number of carbonyl (C=O) groups is 1. The Bertz CT molecular complexity index is 740. The number of nitrogens with zero attached hydrogens (tertiary/aromatic N) is 1. The van der Waals surface area contributed by atoms with Crippen LogP contribution in [0.3, 0.4) is 0 Å². The maximum Gasteiger partial charge on any atom is 0.302 e. The van der Waals surface area contributed by atoms with Crippen molar-refractivity contribution in [1.82, 2.24) is 4.98 Å². The number of aromatic nitrogens is 1. The highest BCUT2D eigenvalue weighted by atomic mass is 32.1. The van der Waals surface area contributed by atoms with Gasteiger partial charge >= 0.3 is 5.97 Å². The van der Waals surface area contributed by atoms with E-state index in [0.717, 1.165) is 15.2 Å². The summed E-state index contributed by atoms with van der Waals surface area (Å²) in [5.41, 5.74) is 0.944. The summed E-state index contributed by atoms with van der Waals surface area (Å²) in [6, 6.07) is 7.97. The van der Waals surface area contributed by atoms with Gasteiger partial charge in [-0.05, 0) is 26.0 Å². The van der Waals surface area contributed by atoms with E-state index in [1.54, 1.807) is 11.3 Å². The van der Waals surface area contributed by atoms with E-state index < -0.39 is 5.79 Å². The maximum atomic E-state index is 11.1. The molecule has 2 saturated heterocycles. The van der Waals surface area contributed by atoms with Crippen molar-refractivity contribution in [3.63, 3.8) is 0 Å². The number of carbonyl (C=O) groups excluding carboxylic acids is 1. The highest BCUT2D eigenvalue weighted by Gasteiger charge is 2.56. The molecule has 0 spiro atoms. The van der Waals surface area contributed by atoms with Crippen LogP contribution >= 0.6 is 11.3 Å². The number of fused-ring (bicyclic) bond motifs is 2. The van der Waals surface area contributed by atoms with E-state index in [1.807, 2.05) is 38.1 Å². The van der Waals surface area contributed by atoms with Crippen LogP contribution in [0.2, 0.25) is 0 Å². The molecule has 2 aliphatic heterocycles. The first-order valence-electron chi connectivity index (χ1n) is 7.93. The van der Waals surface area contributed by atoms with E-state index in [9.17, 15) is 4.79 Å². The Labute approximate surface area is 143 Å². The monoisotopic (exact) mass is 349 g/mol. The molecule has 2 aliphatic rings. The molecule has 0 saturated carbocycles. The van der Waals surface area contributed by atoms with Crippen LogP contribution in [-0.4, -0.2) is 41.7 Å². The zero-order valence-corrected chi connectivity index (χ0v) is 14.5. The molecule has 24 heavy (non-hydrogen) atoms. The molecule has 3 heterocycles. The number of esters is 1. The highest BCUT2D eigenvalue weighted by Crippen LogP contribution is 2.46. The van der Waals surface area contributed by atoms with E-state index in [-0.39, 0.29) is 37.0 Å². The van der Waals surface area contributed by atoms with Crippen molar-refractivity contribution in [3.8, 4) is 0 Å². The fourth-order valence-electron chi connectivity index (χ4n) is 3.23. The fraction of sp³-hybridized carbons (Fsp3) is 0.529.